The summed E-state index contributed by atoms with van der Waals surface area (Å²) in [6.07, 6.45) is 0. The minimum atomic E-state index is 1.18. The predicted octanol–water partition coefficient (Wildman–Crippen LogP) is 12.9. The zero-order valence-electron chi connectivity index (χ0n) is 24.2. The summed E-state index contributed by atoms with van der Waals surface area (Å²) in [5, 5.41) is 7.89. The molecule has 1 nitrogen and oxygen atoms in total. The minimum Gasteiger partial charge on any atom is -0.309 e. The van der Waals surface area contributed by atoms with Gasteiger partial charge in [0.15, 0.2) is 0 Å². The summed E-state index contributed by atoms with van der Waals surface area (Å²) < 4.78 is 7.74. The third-order valence-electron chi connectivity index (χ3n) is 9.20. The molecule has 0 bridgehead atoms. The Morgan fingerprint density at radius 2 is 0.956 bits per heavy atom. The van der Waals surface area contributed by atoms with E-state index in [0.717, 1.165) is 0 Å². The lowest BCUT2D eigenvalue weighted by Crippen LogP contribution is -1.92. The summed E-state index contributed by atoms with van der Waals surface area (Å²) in [6, 6.07) is 55.9. The molecule has 3 heterocycles. The Kier molecular flexibility index (Phi) is 5.39. The van der Waals surface area contributed by atoms with Crippen LogP contribution in [-0.2, 0) is 0 Å². The second kappa shape index (κ2) is 9.64. The van der Waals surface area contributed by atoms with Crippen molar-refractivity contribution in [2.24, 2.45) is 0 Å². The molecule has 10 rings (SSSR count). The Morgan fingerprint density at radius 3 is 1.84 bits per heavy atom. The van der Waals surface area contributed by atoms with Gasteiger partial charge in [0.2, 0.25) is 0 Å². The molecule has 0 unspecified atom stereocenters. The maximum absolute atomic E-state index is 2.39. The first kappa shape index (κ1) is 25.1. The van der Waals surface area contributed by atoms with Gasteiger partial charge in [-0.3, -0.25) is 0 Å². The van der Waals surface area contributed by atoms with Gasteiger partial charge < -0.3 is 4.57 Å². The van der Waals surface area contributed by atoms with Gasteiger partial charge in [0.1, 0.15) is 0 Å². The van der Waals surface area contributed by atoms with Crippen LogP contribution in [0.15, 0.2) is 152 Å². The molecule has 210 valence electrons. The monoisotopic (exact) mass is 607 g/mol. The van der Waals surface area contributed by atoms with Crippen LogP contribution in [0.1, 0.15) is 0 Å². The van der Waals surface area contributed by atoms with E-state index in [0.29, 0.717) is 0 Å². The Labute approximate surface area is 267 Å². The largest absolute Gasteiger partial charge is 0.309 e. The highest BCUT2D eigenvalue weighted by molar-refractivity contribution is 7.26. The second-order valence-electron chi connectivity index (χ2n) is 11.7. The lowest BCUT2D eigenvalue weighted by atomic mass is 9.98. The molecular weight excluding hydrogens is 583 g/mol. The standard InChI is InChI=1S/C42H25NS2/c1-2-9-29(10-3-1)43-37-15-6-4-11-31(37)34-23-26(17-20-38(34)43)27-18-21-41-36(24-27)33-14-8-13-30(42(33)45-41)28-19-22-40-35(25-28)32-12-5-7-16-39(32)44-40/h1-25H. The van der Waals surface area contributed by atoms with Crippen LogP contribution >= 0.6 is 22.7 Å². The Balaban J connectivity index is 1.13. The zero-order chi connectivity index (χ0) is 29.5. The van der Waals surface area contributed by atoms with E-state index >= 15 is 0 Å². The number of fused-ring (bicyclic) bond motifs is 9. The molecule has 7 aromatic carbocycles. The molecule has 45 heavy (non-hydrogen) atoms. The Bertz CT molecular complexity index is 2760. The number of para-hydroxylation sites is 2. The van der Waals surface area contributed by atoms with Crippen molar-refractivity contribution >= 4 is 84.8 Å². The van der Waals surface area contributed by atoms with E-state index in [9.17, 15) is 0 Å². The SMILES string of the molecule is c1ccc(-n2c3ccccc3c3cc(-c4ccc5sc6c(-c7ccc8sc9ccccc9c8c7)cccc6c5c4)ccc32)cc1. The normalized spacial score (nSPS) is 12.0. The number of benzene rings is 7. The fourth-order valence-corrected chi connectivity index (χ4v) is 9.41. The van der Waals surface area contributed by atoms with Crippen molar-refractivity contribution in [2.45, 2.75) is 0 Å². The van der Waals surface area contributed by atoms with Crippen molar-refractivity contribution in [3.63, 3.8) is 0 Å². The summed E-state index contributed by atoms with van der Waals surface area (Å²) in [6.45, 7) is 0. The topological polar surface area (TPSA) is 4.93 Å². The van der Waals surface area contributed by atoms with Gasteiger partial charge in [-0.25, -0.2) is 0 Å². The number of rotatable bonds is 3. The molecular formula is C42H25NS2. The highest BCUT2D eigenvalue weighted by Crippen LogP contribution is 2.44. The van der Waals surface area contributed by atoms with Crippen molar-refractivity contribution in [1.29, 1.82) is 0 Å². The average molecular weight is 608 g/mol. The van der Waals surface area contributed by atoms with Crippen molar-refractivity contribution < 1.29 is 0 Å². The van der Waals surface area contributed by atoms with Crippen molar-refractivity contribution in [3.05, 3.63) is 152 Å². The first-order chi connectivity index (χ1) is 22.3. The molecule has 0 aliphatic rings. The van der Waals surface area contributed by atoms with Gasteiger partial charge in [-0.2, -0.15) is 0 Å². The van der Waals surface area contributed by atoms with Crippen LogP contribution in [0.3, 0.4) is 0 Å². The maximum atomic E-state index is 2.39. The van der Waals surface area contributed by atoms with Gasteiger partial charge in [-0.15, -0.1) is 22.7 Å². The molecule has 0 spiro atoms. The van der Waals surface area contributed by atoms with Crippen LogP contribution in [0.4, 0.5) is 0 Å². The van der Waals surface area contributed by atoms with E-state index in [4.69, 9.17) is 0 Å². The predicted molar refractivity (Wildman–Crippen MR) is 197 cm³/mol. The van der Waals surface area contributed by atoms with E-state index in [1.807, 2.05) is 22.7 Å². The van der Waals surface area contributed by atoms with Gasteiger partial charge in [0, 0.05) is 56.8 Å². The molecule has 0 aliphatic heterocycles. The smallest absolute Gasteiger partial charge is 0.0541 e. The molecule has 10 aromatic rings. The van der Waals surface area contributed by atoms with Crippen LogP contribution in [0.5, 0.6) is 0 Å². The maximum Gasteiger partial charge on any atom is 0.0541 e. The molecule has 0 radical (unpaired) electrons. The summed E-state index contributed by atoms with van der Waals surface area (Å²) in [5.74, 6) is 0. The lowest BCUT2D eigenvalue weighted by Gasteiger charge is -2.08. The number of aromatic nitrogens is 1. The molecule has 0 aliphatic carbocycles. The van der Waals surface area contributed by atoms with Crippen LogP contribution in [0.2, 0.25) is 0 Å². The van der Waals surface area contributed by atoms with Gasteiger partial charge in [-0.05, 0) is 82.9 Å². The number of hydrogen-bond acceptors (Lipinski definition) is 2. The highest BCUT2D eigenvalue weighted by atomic mass is 32.1. The van der Waals surface area contributed by atoms with Crippen LogP contribution in [0.25, 0.3) is 90.1 Å². The van der Waals surface area contributed by atoms with Crippen LogP contribution in [-0.4, -0.2) is 4.57 Å². The summed E-state index contributed by atoms with van der Waals surface area (Å²) in [5.41, 5.74) is 8.73. The van der Waals surface area contributed by atoms with E-state index in [2.05, 4.69) is 156 Å². The quantitative estimate of drug-likeness (QED) is 0.188. The number of thiophene rings is 2. The summed E-state index contributed by atoms with van der Waals surface area (Å²) >= 11 is 3.78. The van der Waals surface area contributed by atoms with Crippen molar-refractivity contribution in [1.82, 2.24) is 4.57 Å². The zero-order valence-corrected chi connectivity index (χ0v) is 25.8. The van der Waals surface area contributed by atoms with Crippen molar-refractivity contribution in [3.8, 4) is 27.9 Å². The van der Waals surface area contributed by atoms with Gasteiger partial charge in [-0.1, -0.05) is 91.0 Å². The van der Waals surface area contributed by atoms with Gasteiger partial charge in [0.25, 0.3) is 0 Å². The van der Waals surface area contributed by atoms with Crippen molar-refractivity contribution in [2.75, 3.05) is 0 Å². The van der Waals surface area contributed by atoms with E-state index < -0.39 is 0 Å². The number of nitrogens with zero attached hydrogens (tertiary/aromatic N) is 1. The number of hydrogen-bond donors (Lipinski definition) is 0. The van der Waals surface area contributed by atoms with E-state index in [1.165, 1.54) is 90.1 Å². The molecule has 0 saturated carbocycles. The summed E-state index contributed by atoms with van der Waals surface area (Å²) in [4.78, 5) is 0. The molecule has 0 atom stereocenters. The molecule has 3 aromatic heterocycles. The fourth-order valence-electron chi connectivity index (χ4n) is 7.11. The summed E-state index contributed by atoms with van der Waals surface area (Å²) in [7, 11) is 0. The third kappa shape index (κ3) is 3.78. The minimum absolute atomic E-state index is 1.18. The van der Waals surface area contributed by atoms with Crippen LogP contribution < -0.4 is 0 Å². The molecule has 0 fully saturated rings. The molecule has 0 N–H and O–H groups in total. The van der Waals surface area contributed by atoms with Gasteiger partial charge in [0.05, 0.1) is 11.0 Å². The molecule has 0 amide bonds. The fraction of sp³-hybridized carbons (Fsp3) is 0. The highest BCUT2D eigenvalue weighted by Gasteiger charge is 2.15. The average Bonchev–Trinajstić information content (AvgIpc) is 3.77. The first-order valence-electron chi connectivity index (χ1n) is 15.3. The first-order valence-corrected chi connectivity index (χ1v) is 16.9. The molecule has 0 saturated heterocycles. The second-order valence-corrected chi connectivity index (χ2v) is 13.9. The van der Waals surface area contributed by atoms with E-state index in [-0.39, 0.29) is 0 Å². The third-order valence-corrected chi connectivity index (χ3v) is 11.6. The van der Waals surface area contributed by atoms with Gasteiger partial charge >= 0.3 is 0 Å². The lowest BCUT2D eigenvalue weighted by molar-refractivity contribution is 1.18. The van der Waals surface area contributed by atoms with E-state index in [1.54, 1.807) is 0 Å². The van der Waals surface area contributed by atoms with Crippen LogP contribution in [0, 0.1) is 0 Å². The Morgan fingerprint density at radius 1 is 0.356 bits per heavy atom. The molecule has 3 heteroatoms. The Hall–Kier alpha value is -5.22.